The number of pyridine rings is 1. The Morgan fingerprint density at radius 3 is 3.06 bits per heavy atom. The first kappa shape index (κ1) is 11.6. The van der Waals surface area contributed by atoms with Gasteiger partial charge in [-0.1, -0.05) is 17.7 Å². The summed E-state index contributed by atoms with van der Waals surface area (Å²) in [6.45, 7) is 0.483. The van der Waals surface area contributed by atoms with Gasteiger partial charge in [0.2, 0.25) is 0 Å². The molecule has 0 aliphatic carbocycles. The predicted molar refractivity (Wildman–Crippen MR) is 66.1 cm³/mol. The zero-order chi connectivity index (χ0) is 12.3. The topological polar surface area (TPSA) is 59.8 Å². The van der Waals surface area contributed by atoms with Crippen molar-refractivity contribution in [1.29, 1.82) is 0 Å². The number of nitrogens with one attached hydrogen (secondary N) is 1. The Bertz CT molecular complexity index is 567. The average Bonchev–Trinajstić information content (AvgIpc) is 2.33. The summed E-state index contributed by atoms with van der Waals surface area (Å²) >= 11 is 5.78. The number of hydrogen-bond donors (Lipinski definition) is 1. The summed E-state index contributed by atoms with van der Waals surface area (Å²) in [4.78, 5) is 19.6. The van der Waals surface area contributed by atoms with Crippen LogP contribution in [0.5, 0.6) is 0 Å². The highest BCUT2D eigenvalue weighted by Crippen LogP contribution is 2.05. The minimum Gasteiger partial charge on any atom is -0.361 e. The molecule has 2 rings (SSSR count). The summed E-state index contributed by atoms with van der Waals surface area (Å²) in [6, 6.07) is 3.75. The van der Waals surface area contributed by atoms with Gasteiger partial charge in [0.15, 0.2) is 5.82 Å². The van der Waals surface area contributed by atoms with Gasteiger partial charge in [-0.25, -0.2) is 4.98 Å². The molecule has 1 N–H and O–H groups in total. The number of anilines is 1. The van der Waals surface area contributed by atoms with Gasteiger partial charge in [0, 0.05) is 32.2 Å². The molecular weight excluding hydrogens is 240 g/mol. The smallest absolute Gasteiger partial charge is 0.293 e. The van der Waals surface area contributed by atoms with Crippen LogP contribution in [0.1, 0.15) is 5.56 Å². The summed E-state index contributed by atoms with van der Waals surface area (Å²) in [7, 11) is 1.63. The number of aromatic nitrogens is 3. The molecule has 0 radical (unpaired) electrons. The van der Waals surface area contributed by atoms with E-state index in [0.29, 0.717) is 6.54 Å². The first-order valence-corrected chi connectivity index (χ1v) is 5.40. The zero-order valence-electron chi connectivity index (χ0n) is 9.22. The number of nitrogens with zero attached hydrogens (tertiary/aromatic N) is 3. The Labute approximate surface area is 103 Å². The van der Waals surface area contributed by atoms with Crippen LogP contribution >= 0.6 is 11.6 Å². The van der Waals surface area contributed by atoms with Crippen molar-refractivity contribution in [2.75, 3.05) is 5.32 Å². The fourth-order valence-corrected chi connectivity index (χ4v) is 1.60. The average molecular weight is 251 g/mol. The molecule has 2 aromatic rings. The van der Waals surface area contributed by atoms with Crippen LogP contribution in [0.3, 0.4) is 0 Å². The fraction of sp³-hybridized carbons (Fsp3) is 0.182. The second kappa shape index (κ2) is 4.97. The summed E-state index contributed by atoms with van der Waals surface area (Å²) < 4.78 is 1.39. The van der Waals surface area contributed by atoms with Gasteiger partial charge in [-0.15, -0.1) is 0 Å². The van der Waals surface area contributed by atoms with Gasteiger partial charge in [-0.05, 0) is 11.6 Å². The van der Waals surface area contributed by atoms with Crippen LogP contribution in [0.25, 0.3) is 0 Å². The van der Waals surface area contributed by atoms with Crippen LogP contribution in [-0.2, 0) is 13.6 Å². The predicted octanol–water partition coefficient (Wildman–Crippen LogP) is 1.44. The molecule has 0 bridgehead atoms. The maximum atomic E-state index is 11.7. The molecule has 0 aromatic carbocycles. The van der Waals surface area contributed by atoms with E-state index in [1.807, 2.05) is 12.1 Å². The lowest BCUT2D eigenvalue weighted by molar-refractivity contribution is 0.839. The summed E-state index contributed by atoms with van der Waals surface area (Å²) in [5.74, 6) is 0.240. The second-order valence-corrected chi connectivity index (χ2v) is 3.93. The monoisotopic (exact) mass is 250 g/mol. The van der Waals surface area contributed by atoms with Gasteiger partial charge in [-0.3, -0.25) is 9.78 Å². The minimum atomic E-state index is -0.210. The lowest BCUT2D eigenvalue weighted by Crippen LogP contribution is -2.22. The highest BCUT2D eigenvalue weighted by molar-refractivity contribution is 6.29. The molecule has 0 saturated carbocycles. The molecule has 0 atom stereocenters. The van der Waals surface area contributed by atoms with E-state index in [1.54, 1.807) is 19.4 Å². The van der Waals surface area contributed by atoms with E-state index in [0.717, 1.165) is 5.56 Å². The Balaban J connectivity index is 2.17. The van der Waals surface area contributed by atoms with Crippen LogP contribution < -0.4 is 10.9 Å². The lowest BCUT2D eigenvalue weighted by Gasteiger charge is -2.06. The highest BCUT2D eigenvalue weighted by atomic mass is 35.5. The van der Waals surface area contributed by atoms with Crippen LogP contribution in [-0.4, -0.2) is 14.5 Å². The molecule has 17 heavy (non-hydrogen) atoms. The first-order chi connectivity index (χ1) is 8.16. The number of rotatable bonds is 3. The van der Waals surface area contributed by atoms with Gasteiger partial charge < -0.3 is 9.88 Å². The summed E-state index contributed by atoms with van der Waals surface area (Å²) in [6.07, 6.45) is 4.89. The van der Waals surface area contributed by atoms with Crippen molar-refractivity contribution in [3.05, 3.63) is 51.8 Å². The highest BCUT2D eigenvalue weighted by Gasteiger charge is 2.04. The molecule has 5 nitrogen and oxygen atoms in total. The summed E-state index contributed by atoms with van der Waals surface area (Å²) in [5, 5.41) is 3.22. The molecule has 0 spiro atoms. The maximum absolute atomic E-state index is 11.7. The lowest BCUT2D eigenvalue weighted by atomic mass is 10.3. The van der Waals surface area contributed by atoms with E-state index in [4.69, 9.17) is 11.6 Å². The van der Waals surface area contributed by atoms with Crippen molar-refractivity contribution in [1.82, 2.24) is 14.5 Å². The number of halogens is 1. The minimum absolute atomic E-state index is 0.210. The third-order valence-corrected chi connectivity index (χ3v) is 2.41. The van der Waals surface area contributed by atoms with Crippen molar-refractivity contribution in [2.24, 2.45) is 7.05 Å². The molecule has 88 valence electrons. The van der Waals surface area contributed by atoms with Crippen molar-refractivity contribution in [2.45, 2.75) is 6.54 Å². The van der Waals surface area contributed by atoms with Crippen molar-refractivity contribution in [3.63, 3.8) is 0 Å². The molecule has 0 fully saturated rings. The van der Waals surface area contributed by atoms with Gasteiger partial charge in [0.05, 0.1) is 0 Å². The van der Waals surface area contributed by atoms with E-state index in [-0.39, 0.29) is 16.5 Å². The Hall–Kier alpha value is -1.88. The molecule has 0 aliphatic heterocycles. The molecule has 2 aromatic heterocycles. The van der Waals surface area contributed by atoms with Gasteiger partial charge >= 0.3 is 0 Å². The van der Waals surface area contributed by atoms with Crippen molar-refractivity contribution in [3.8, 4) is 0 Å². The molecule has 0 saturated heterocycles. The van der Waals surface area contributed by atoms with E-state index in [9.17, 15) is 4.79 Å². The molecule has 2 heterocycles. The normalized spacial score (nSPS) is 10.2. The molecule has 0 aliphatic rings. The Morgan fingerprint density at radius 1 is 1.53 bits per heavy atom. The first-order valence-electron chi connectivity index (χ1n) is 5.03. The maximum Gasteiger partial charge on any atom is 0.293 e. The Kier molecular flexibility index (Phi) is 3.39. The standard InChI is InChI=1S/C11H11ClN4O/c1-16-7-9(12)15-10(11(16)17)14-6-8-3-2-4-13-5-8/h2-5,7H,6H2,1H3,(H,14,15). The largest absolute Gasteiger partial charge is 0.361 e. The molecule has 0 amide bonds. The number of hydrogen-bond acceptors (Lipinski definition) is 4. The van der Waals surface area contributed by atoms with E-state index in [2.05, 4.69) is 15.3 Å². The number of aryl methyl sites for hydroxylation is 1. The van der Waals surface area contributed by atoms with E-state index >= 15 is 0 Å². The second-order valence-electron chi connectivity index (χ2n) is 3.54. The van der Waals surface area contributed by atoms with Crippen molar-refractivity contribution >= 4 is 17.4 Å². The zero-order valence-corrected chi connectivity index (χ0v) is 9.98. The SMILES string of the molecule is Cn1cc(Cl)nc(NCc2cccnc2)c1=O. The van der Waals surface area contributed by atoms with Crippen LogP contribution in [0.15, 0.2) is 35.5 Å². The summed E-state index contributed by atoms with van der Waals surface area (Å²) in [5.41, 5.74) is 0.759. The van der Waals surface area contributed by atoms with E-state index in [1.165, 1.54) is 10.8 Å². The van der Waals surface area contributed by atoms with Crippen LogP contribution in [0, 0.1) is 0 Å². The Morgan fingerprint density at radius 2 is 2.35 bits per heavy atom. The molecular formula is C11H11ClN4O. The van der Waals surface area contributed by atoms with Crippen LogP contribution in [0.4, 0.5) is 5.82 Å². The van der Waals surface area contributed by atoms with Crippen LogP contribution in [0.2, 0.25) is 5.15 Å². The van der Waals surface area contributed by atoms with Crippen molar-refractivity contribution < 1.29 is 0 Å². The van der Waals surface area contributed by atoms with Gasteiger partial charge in [0.1, 0.15) is 5.15 Å². The third-order valence-electron chi connectivity index (χ3n) is 2.22. The third kappa shape index (κ3) is 2.82. The molecule has 0 unspecified atom stereocenters. The molecule has 6 heteroatoms. The van der Waals surface area contributed by atoms with E-state index < -0.39 is 0 Å². The van der Waals surface area contributed by atoms with Gasteiger partial charge in [-0.2, -0.15) is 0 Å². The fourth-order valence-electron chi connectivity index (χ4n) is 1.37. The quantitative estimate of drug-likeness (QED) is 0.896. The van der Waals surface area contributed by atoms with Gasteiger partial charge in [0.25, 0.3) is 5.56 Å².